The highest BCUT2D eigenvalue weighted by Gasteiger charge is 2.14. The summed E-state index contributed by atoms with van der Waals surface area (Å²) in [4.78, 5) is 1.11. The van der Waals surface area contributed by atoms with E-state index in [1.165, 1.54) is 0 Å². The van der Waals surface area contributed by atoms with Crippen LogP contribution in [0.15, 0.2) is 46.2 Å². The van der Waals surface area contributed by atoms with Crippen LogP contribution in [0.5, 0.6) is 11.5 Å². The van der Waals surface area contributed by atoms with Crippen molar-refractivity contribution in [3.63, 3.8) is 0 Å². The van der Waals surface area contributed by atoms with Crippen LogP contribution in [0.3, 0.4) is 0 Å². The molecule has 7 nitrogen and oxygen atoms in total. The molecule has 8 heteroatoms. The number of aliphatic hydroxyl groups excluding tert-OH is 4. The third-order valence-electron chi connectivity index (χ3n) is 3.56. The molecule has 2 aromatic rings. The Kier molecular flexibility index (Phi) is 7.13. The van der Waals surface area contributed by atoms with Crippen LogP contribution >= 0.6 is 0 Å². The molecule has 26 heavy (non-hydrogen) atoms. The van der Waals surface area contributed by atoms with Crippen LogP contribution in [-0.2, 0) is 10.8 Å². The Morgan fingerprint density at radius 1 is 0.846 bits per heavy atom. The second kappa shape index (κ2) is 9.11. The standard InChI is InChI=1S/C18H22O7S/c1-11-7-13(3-5-15(11)24-17(21)9-19)26(23)14-4-6-16(12(2)8-14)25-18(22)10-20/h3-8,17-22H,9-10H2,1-2H3. The third kappa shape index (κ3) is 5.03. The lowest BCUT2D eigenvalue weighted by molar-refractivity contribution is -0.0554. The summed E-state index contributed by atoms with van der Waals surface area (Å²) in [6.45, 7) is 2.45. The van der Waals surface area contributed by atoms with Crippen LogP contribution < -0.4 is 9.47 Å². The number of ether oxygens (including phenoxy) is 2. The molecular weight excluding hydrogens is 360 g/mol. The molecule has 2 rings (SSSR count). The van der Waals surface area contributed by atoms with E-state index in [0.29, 0.717) is 32.4 Å². The molecule has 2 unspecified atom stereocenters. The Morgan fingerprint density at radius 3 is 1.54 bits per heavy atom. The van der Waals surface area contributed by atoms with Crippen molar-refractivity contribution in [3.05, 3.63) is 47.5 Å². The number of aryl methyl sites for hydroxylation is 2. The van der Waals surface area contributed by atoms with Crippen molar-refractivity contribution in [1.29, 1.82) is 0 Å². The fourth-order valence-electron chi connectivity index (χ4n) is 2.24. The van der Waals surface area contributed by atoms with E-state index < -0.39 is 36.6 Å². The minimum absolute atomic E-state index is 0.394. The monoisotopic (exact) mass is 382 g/mol. The normalized spacial score (nSPS) is 14.5. The quantitative estimate of drug-likeness (QED) is 0.500. The fourth-order valence-corrected chi connectivity index (χ4v) is 3.47. The fraction of sp³-hybridized carbons (Fsp3) is 0.333. The Hall–Kier alpha value is -1.97. The summed E-state index contributed by atoms with van der Waals surface area (Å²) in [5.41, 5.74) is 1.34. The minimum Gasteiger partial charge on any atom is -0.462 e. The van der Waals surface area contributed by atoms with Crippen molar-refractivity contribution in [1.82, 2.24) is 0 Å². The van der Waals surface area contributed by atoms with Crippen LogP contribution in [0.4, 0.5) is 0 Å². The zero-order valence-electron chi connectivity index (χ0n) is 14.5. The van der Waals surface area contributed by atoms with Gasteiger partial charge in [-0.1, -0.05) is 0 Å². The SMILES string of the molecule is Cc1cc(S(=O)c2ccc(OC(O)CO)c(C)c2)ccc1OC(O)CO. The molecule has 0 saturated carbocycles. The number of benzene rings is 2. The van der Waals surface area contributed by atoms with E-state index in [4.69, 9.17) is 19.7 Å². The summed E-state index contributed by atoms with van der Waals surface area (Å²) >= 11 is 0. The lowest BCUT2D eigenvalue weighted by Crippen LogP contribution is -2.20. The van der Waals surface area contributed by atoms with Crippen LogP contribution in [0, 0.1) is 13.8 Å². The Labute approximate surface area is 153 Å². The van der Waals surface area contributed by atoms with Crippen molar-refractivity contribution in [3.8, 4) is 11.5 Å². The maximum Gasteiger partial charge on any atom is 0.220 e. The number of aliphatic hydroxyl groups is 4. The minimum atomic E-state index is -1.45. The van der Waals surface area contributed by atoms with Gasteiger partial charge in [0.1, 0.15) is 24.7 Å². The first-order valence-corrected chi connectivity index (χ1v) is 9.05. The van der Waals surface area contributed by atoms with Gasteiger partial charge in [-0.25, -0.2) is 4.21 Å². The molecular formula is C18H22O7S. The van der Waals surface area contributed by atoms with Gasteiger partial charge in [-0.3, -0.25) is 0 Å². The molecule has 2 atom stereocenters. The lowest BCUT2D eigenvalue weighted by Gasteiger charge is -2.15. The molecule has 0 spiro atoms. The van der Waals surface area contributed by atoms with Gasteiger partial charge < -0.3 is 29.9 Å². The number of hydrogen-bond donors (Lipinski definition) is 4. The third-order valence-corrected chi connectivity index (χ3v) is 4.92. The first-order valence-electron chi connectivity index (χ1n) is 7.90. The largest absolute Gasteiger partial charge is 0.462 e. The highest BCUT2D eigenvalue weighted by atomic mass is 32.2. The van der Waals surface area contributed by atoms with Crippen molar-refractivity contribution < 1.29 is 34.1 Å². The van der Waals surface area contributed by atoms with E-state index in [9.17, 15) is 14.4 Å². The number of rotatable bonds is 8. The van der Waals surface area contributed by atoms with Gasteiger partial charge in [-0.05, 0) is 61.4 Å². The molecule has 0 saturated heterocycles. The van der Waals surface area contributed by atoms with Gasteiger partial charge in [-0.15, -0.1) is 0 Å². The molecule has 0 bridgehead atoms. The van der Waals surface area contributed by atoms with E-state index in [2.05, 4.69) is 0 Å². The van der Waals surface area contributed by atoms with Gasteiger partial charge in [0.05, 0.1) is 10.8 Å². The molecule has 0 aromatic heterocycles. The van der Waals surface area contributed by atoms with Gasteiger partial charge >= 0.3 is 0 Å². The molecule has 0 amide bonds. The summed E-state index contributed by atoms with van der Waals surface area (Å²) in [6, 6.07) is 9.79. The van der Waals surface area contributed by atoms with Crippen LogP contribution in [0.1, 0.15) is 11.1 Å². The van der Waals surface area contributed by atoms with Gasteiger partial charge in [0.2, 0.25) is 12.6 Å². The van der Waals surface area contributed by atoms with E-state index in [1.807, 2.05) is 0 Å². The average Bonchev–Trinajstić information content (AvgIpc) is 2.64. The molecule has 4 N–H and O–H groups in total. The molecule has 0 aliphatic heterocycles. The summed E-state index contributed by atoms with van der Waals surface area (Å²) in [7, 11) is -1.45. The zero-order valence-corrected chi connectivity index (χ0v) is 15.3. The van der Waals surface area contributed by atoms with Crippen molar-refractivity contribution in [2.45, 2.75) is 36.2 Å². The summed E-state index contributed by atoms with van der Waals surface area (Å²) in [6.07, 6.45) is -2.62. The Bertz CT molecular complexity index is 715. The van der Waals surface area contributed by atoms with Crippen LogP contribution in [0.2, 0.25) is 0 Å². The summed E-state index contributed by atoms with van der Waals surface area (Å²) in [5, 5.41) is 36.4. The Balaban J connectivity index is 2.21. The molecule has 0 heterocycles. The molecule has 0 radical (unpaired) electrons. The molecule has 0 aliphatic rings. The zero-order chi connectivity index (χ0) is 19.3. The molecule has 0 aliphatic carbocycles. The summed E-state index contributed by atoms with van der Waals surface area (Å²) in [5.74, 6) is 0.787. The van der Waals surface area contributed by atoms with Gasteiger partial charge in [0.15, 0.2) is 0 Å². The van der Waals surface area contributed by atoms with Gasteiger partial charge in [0, 0.05) is 9.79 Å². The van der Waals surface area contributed by atoms with E-state index in [-0.39, 0.29) is 0 Å². The first kappa shape index (κ1) is 20.3. The van der Waals surface area contributed by atoms with Crippen LogP contribution in [0.25, 0.3) is 0 Å². The van der Waals surface area contributed by atoms with Gasteiger partial charge in [-0.2, -0.15) is 0 Å². The second-order valence-corrected chi connectivity index (χ2v) is 7.11. The topological polar surface area (TPSA) is 116 Å². The van der Waals surface area contributed by atoms with Crippen molar-refractivity contribution in [2.24, 2.45) is 0 Å². The summed E-state index contributed by atoms with van der Waals surface area (Å²) < 4.78 is 23.1. The molecule has 142 valence electrons. The van der Waals surface area contributed by atoms with Crippen LogP contribution in [-0.4, -0.2) is 50.4 Å². The maximum atomic E-state index is 12.8. The lowest BCUT2D eigenvalue weighted by atomic mass is 10.2. The average molecular weight is 382 g/mol. The predicted octanol–water partition coefficient (Wildman–Crippen LogP) is 0.849. The first-order chi connectivity index (χ1) is 12.3. The van der Waals surface area contributed by atoms with E-state index >= 15 is 0 Å². The van der Waals surface area contributed by atoms with Gasteiger partial charge in [0.25, 0.3) is 0 Å². The van der Waals surface area contributed by atoms with Crippen molar-refractivity contribution >= 4 is 10.8 Å². The molecule has 0 fully saturated rings. The van der Waals surface area contributed by atoms with E-state index in [0.717, 1.165) is 0 Å². The highest BCUT2D eigenvalue weighted by Crippen LogP contribution is 2.27. The maximum absolute atomic E-state index is 12.8. The number of hydrogen-bond acceptors (Lipinski definition) is 7. The van der Waals surface area contributed by atoms with Crippen molar-refractivity contribution in [2.75, 3.05) is 13.2 Å². The molecule has 2 aromatic carbocycles. The smallest absolute Gasteiger partial charge is 0.220 e. The Morgan fingerprint density at radius 2 is 1.23 bits per heavy atom. The highest BCUT2D eigenvalue weighted by molar-refractivity contribution is 7.85. The predicted molar refractivity (Wildman–Crippen MR) is 94.5 cm³/mol. The second-order valence-electron chi connectivity index (χ2n) is 5.63. The van der Waals surface area contributed by atoms with E-state index in [1.54, 1.807) is 50.2 Å².